The van der Waals surface area contributed by atoms with Gasteiger partial charge in [0.25, 0.3) is 0 Å². The maximum absolute atomic E-state index is 11.5. The van der Waals surface area contributed by atoms with Crippen molar-refractivity contribution in [3.8, 4) is 0 Å². The summed E-state index contributed by atoms with van der Waals surface area (Å²) in [4.78, 5) is 17.7. The monoisotopic (exact) mass is 246 g/mol. The molecule has 1 aliphatic rings. The largest absolute Gasteiger partial charge is 0.480 e. The van der Waals surface area contributed by atoms with E-state index in [4.69, 9.17) is 4.42 Å². The minimum absolute atomic E-state index is 0.637. The maximum atomic E-state index is 11.5. The van der Waals surface area contributed by atoms with E-state index < -0.39 is 11.5 Å². The molecule has 0 aliphatic carbocycles. The van der Waals surface area contributed by atoms with Crippen molar-refractivity contribution in [3.63, 3.8) is 0 Å². The third-order valence-corrected chi connectivity index (χ3v) is 3.72. The third kappa shape index (κ3) is 1.40. The van der Waals surface area contributed by atoms with E-state index in [9.17, 15) is 9.90 Å². The molecule has 0 bridgehead atoms. The lowest BCUT2D eigenvalue weighted by atomic mass is 9.99. The zero-order valence-electron chi connectivity index (χ0n) is 10.1. The highest BCUT2D eigenvalue weighted by atomic mass is 16.4. The van der Waals surface area contributed by atoms with E-state index >= 15 is 0 Å². The second-order valence-electron chi connectivity index (χ2n) is 4.80. The van der Waals surface area contributed by atoms with Crippen LogP contribution < -0.4 is 4.90 Å². The van der Waals surface area contributed by atoms with Crippen LogP contribution in [-0.2, 0) is 4.79 Å². The molecule has 5 nitrogen and oxygen atoms in total. The van der Waals surface area contributed by atoms with Crippen LogP contribution in [0.25, 0.3) is 11.0 Å². The van der Waals surface area contributed by atoms with Crippen LogP contribution in [0.15, 0.2) is 29.0 Å². The van der Waals surface area contributed by atoms with Gasteiger partial charge in [-0.2, -0.15) is 0 Å². The van der Waals surface area contributed by atoms with Crippen molar-refractivity contribution in [2.75, 3.05) is 11.4 Å². The lowest BCUT2D eigenvalue weighted by Crippen LogP contribution is -2.48. The third-order valence-electron chi connectivity index (χ3n) is 3.72. The first kappa shape index (κ1) is 11.1. The highest BCUT2D eigenvalue weighted by molar-refractivity contribution is 5.92. The fourth-order valence-corrected chi connectivity index (χ4v) is 2.62. The highest BCUT2D eigenvalue weighted by Crippen LogP contribution is 2.36. The molecular formula is C13H14N2O3. The molecular weight excluding hydrogens is 232 g/mol. The number of carbonyl (C=O) groups is 1. The average Bonchev–Trinajstić information content (AvgIpc) is 2.95. The Kier molecular flexibility index (Phi) is 2.29. The van der Waals surface area contributed by atoms with Gasteiger partial charge in [0.2, 0.25) is 0 Å². The summed E-state index contributed by atoms with van der Waals surface area (Å²) >= 11 is 0. The number of aromatic nitrogens is 1. The second-order valence-corrected chi connectivity index (χ2v) is 4.80. The van der Waals surface area contributed by atoms with Crippen molar-refractivity contribution in [2.24, 2.45) is 0 Å². The van der Waals surface area contributed by atoms with Gasteiger partial charge in [0, 0.05) is 12.7 Å². The molecule has 1 N–H and O–H groups in total. The Bertz CT molecular complexity index is 607. The number of aliphatic carboxylic acids is 1. The number of fused-ring (bicyclic) bond motifs is 1. The van der Waals surface area contributed by atoms with Crippen LogP contribution >= 0.6 is 0 Å². The summed E-state index contributed by atoms with van der Waals surface area (Å²) < 4.78 is 5.33. The molecule has 1 saturated heterocycles. The fraction of sp³-hybridized carbons (Fsp3) is 0.385. The van der Waals surface area contributed by atoms with Crippen LogP contribution in [0.3, 0.4) is 0 Å². The van der Waals surface area contributed by atoms with Crippen molar-refractivity contribution in [2.45, 2.75) is 25.3 Å². The summed E-state index contributed by atoms with van der Waals surface area (Å²) in [6.07, 6.45) is 4.75. The number of hydrogen-bond acceptors (Lipinski definition) is 4. The summed E-state index contributed by atoms with van der Waals surface area (Å²) in [6.45, 7) is 2.46. The molecule has 1 aliphatic heterocycles. The van der Waals surface area contributed by atoms with Crippen molar-refractivity contribution in [1.82, 2.24) is 4.98 Å². The van der Waals surface area contributed by atoms with E-state index in [2.05, 4.69) is 4.98 Å². The number of hydrogen-bond donors (Lipinski definition) is 1. The van der Waals surface area contributed by atoms with Gasteiger partial charge < -0.3 is 14.4 Å². The normalized spacial score (nSPS) is 23.7. The Labute approximate surface area is 104 Å². The first-order valence-electron chi connectivity index (χ1n) is 5.96. The Morgan fingerprint density at radius 1 is 1.56 bits per heavy atom. The molecule has 2 aromatic heterocycles. The molecule has 94 valence electrons. The number of nitrogens with zero attached hydrogens (tertiary/aromatic N) is 2. The molecule has 1 atom stereocenters. The maximum Gasteiger partial charge on any atom is 0.329 e. The highest BCUT2D eigenvalue weighted by Gasteiger charge is 2.44. The molecule has 0 amide bonds. The molecule has 18 heavy (non-hydrogen) atoms. The van der Waals surface area contributed by atoms with Gasteiger partial charge in [-0.1, -0.05) is 0 Å². The van der Waals surface area contributed by atoms with Crippen molar-refractivity contribution in [1.29, 1.82) is 0 Å². The Hall–Kier alpha value is -2.04. The molecule has 0 radical (unpaired) electrons. The van der Waals surface area contributed by atoms with Gasteiger partial charge in [0.1, 0.15) is 16.9 Å². The Balaban J connectivity index is 2.14. The van der Waals surface area contributed by atoms with E-state index in [0.717, 1.165) is 17.4 Å². The number of furan rings is 1. The van der Waals surface area contributed by atoms with Crippen molar-refractivity contribution < 1.29 is 14.3 Å². The zero-order chi connectivity index (χ0) is 12.8. The molecule has 3 heterocycles. The van der Waals surface area contributed by atoms with Gasteiger partial charge in [0.05, 0.1) is 11.6 Å². The molecule has 1 unspecified atom stereocenters. The predicted molar refractivity (Wildman–Crippen MR) is 66.6 cm³/mol. The fourth-order valence-electron chi connectivity index (χ4n) is 2.62. The zero-order valence-corrected chi connectivity index (χ0v) is 10.1. The Morgan fingerprint density at radius 2 is 2.39 bits per heavy atom. The van der Waals surface area contributed by atoms with Gasteiger partial charge >= 0.3 is 5.97 Å². The molecule has 0 aromatic carbocycles. The van der Waals surface area contributed by atoms with Crippen LogP contribution in [-0.4, -0.2) is 28.1 Å². The van der Waals surface area contributed by atoms with Crippen molar-refractivity contribution in [3.05, 3.63) is 24.6 Å². The average molecular weight is 246 g/mol. The summed E-state index contributed by atoms with van der Waals surface area (Å²) in [5.74, 6) is -0.106. The summed E-state index contributed by atoms with van der Waals surface area (Å²) in [5, 5.41) is 10.3. The molecule has 2 aromatic rings. The molecule has 3 rings (SSSR count). The van der Waals surface area contributed by atoms with Gasteiger partial charge in [-0.05, 0) is 31.9 Å². The first-order chi connectivity index (χ1) is 8.63. The van der Waals surface area contributed by atoms with Crippen LogP contribution in [0, 0.1) is 0 Å². The molecule has 5 heteroatoms. The summed E-state index contributed by atoms with van der Waals surface area (Å²) in [7, 11) is 0. The smallest absolute Gasteiger partial charge is 0.329 e. The number of carboxylic acid groups (broad SMARTS) is 1. The number of carboxylic acids is 1. The van der Waals surface area contributed by atoms with Gasteiger partial charge in [-0.15, -0.1) is 0 Å². The predicted octanol–water partition coefficient (Wildman–Crippen LogP) is 2.27. The van der Waals surface area contributed by atoms with Crippen molar-refractivity contribution >= 4 is 22.8 Å². The number of rotatable bonds is 2. The number of pyridine rings is 1. The van der Waals surface area contributed by atoms with Crippen LogP contribution in [0.4, 0.5) is 5.82 Å². The number of anilines is 1. The molecule has 0 spiro atoms. The first-order valence-corrected chi connectivity index (χ1v) is 5.96. The summed E-state index contributed by atoms with van der Waals surface area (Å²) in [5.41, 5.74) is -0.141. The topological polar surface area (TPSA) is 66.6 Å². The van der Waals surface area contributed by atoms with Crippen LogP contribution in [0.2, 0.25) is 0 Å². The van der Waals surface area contributed by atoms with Crippen LogP contribution in [0.1, 0.15) is 19.8 Å². The van der Waals surface area contributed by atoms with E-state index in [-0.39, 0.29) is 0 Å². The quantitative estimate of drug-likeness (QED) is 0.880. The van der Waals surface area contributed by atoms with Crippen LogP contribution in [0.5, 0.6) is 0 Å². The van der Waals surface area contributed by atoms with E-state index in [1.807, 2.05) is 11.0 Å². The lowest BCUT2D eigenvalue weighted by Gasteiger charge is -2.32. The van der Waals surface area contributed by atoms with Gasteiger partial charge in [0.15, 0.2) is 0 Å². The minimum atomic E-state index is -0.876. The summed E-state index contributed by atoms with van der Waals surface area (Å²) in [6, 6.07) is 3.62. The standard InChI is InChI=1S/C13H14N2O3/c1-13(12(16)17)5-2-7-15(13)11-9-4-8-18-10(9)3-6-14-11/h3-4,6,8H,2,5,7H2,1H3,(H,16,17). The molecule has 1 fully saturated rings. The minimum Gasteiger partial charge on any atom is -0.480 e. The molecule has 0 saturated carbocycles. The van der Waals surface area contributed by atoms with Gasteiger partial charge in [-0.25, -0.2) is 9.78 Å². The second kappa shape index (κ2) is 3.73. The lowest BCUT2D eigenvalue weighted by molar-refractivity contribution is -0.142. The van der Waals surface area contributed by atoms with Gasteiger partial charge in [-0.3, -0.25) is 0 Å². The van der Waals surface area contributed by atoms with E-state index in [0.29, 0.717) is 18.8 Å². The Morgan fingerprint density at radius 3 is 3.17 bits per heavy atom. The van der Waals surface area contributed by atoms with E-state index in [1.54, 1.807) is 25.5 Å². The SMILES string of the molecule is CC1(C(=O)O)CCCN1c1nccc2occc12. The van der Waals surface area contributed by atoms with E-state index in [1.165, 1.54) is 0 Å².